The minimum Gasteiger partial charge on any atom is -0.396 e. The van der Waals surface area contributed by atoms with Crippen molar-refractivity contribution in [1.82, 2.24) is 4.98 Å². The van der Waals surface area contributed by atoms with Crippen LogP contribution in [-0.4, -0.2) is 23.2 Å². The van der Waals surface area contributed by atoms with E-state index in [4.69, 9.17) is 16.7 Å². The number of nitrogens with zero attached hydrogens (tertiary/aromatic N) is 1. The molecule has 0 saturated carbocycles. The van der Waals surface area contributed by atoms with E-state index in [1.54, 1.807) is 0 Å². The molecule has 0 spiro atoms. The number of hydrogen-bond acceptors (Lipinski definition) is 3. The van der Waals surface area contributed by atoms with Gasteiger partial charge in [-0.05, 0) is 18.9 Å². The lowest BCUT2D eigenvalue weighted by molar-refractivity contribution is 0.283. The molecule has 0 fully saturated rings. The Hall–Kier alpha value is -0.870. The Morgan fingerprint density at radius 2 is 2.06 bits per heavy atom. The predicted molar refractivity (Wildman–Crippen MR) is 63.2 cm³/mol. The molecule has 5 heteroatoms. The number of nitrogens with one attached hydrogen (secondary N) is 1. The number of aromatic nitrogens is 1. The quantitative estimate of drug-likeness (QED) is 0.728. The molecule has 16 heavy (non-hydrogen) atoms. The van der Waals surface area contributed by atoms with Crippen LogP contribution in [0.2, 0.25) is 5.02 Å². The first kappa shape index (κ1) is 13.2. The standard InChI is InChI=1S/C11H16ClFN2O/c12-9-7-10(13)11(15-8-9)14-5-3-1-2-4-6-16/h7-8,16H,1-6H2,(H,14,15). The largest absolute Gasteiger partial charge is 0.396 e. The number of halogens is 2. The van der Waals surface area contributed by atoms with Gasteiger partial charge in [0.25, 0.3) is 0 Å². The summed E-state index contributed by atoms with van der Waals surface area (Å²) in [6.45, 7) is 0.914. The number of rotatable bonds is 7. The summed E-state index contributed by atoms with van der Waals surface area (Å²) in [7, 11) is 0. The van der Waals surface area contributed by atoms with Gasteiger partial charge in [-0.2, -0.15) is 0 Å². The molecular weight excluding hydrogens is 231 g/mol. The van der Waals surface area contributed by atoms with Crippen LogP contribution in [0.5, 0.6) is 0 Å². The van der Waals surface area contributed by atoms with Crippen molar-refractivity contribution < 1.29 is 9.50 Å². The molecule has 0 aliphatic carbocycles. The van der Waals surface area contributed by atoms with Crippen molar-refractivity contribution in [3.05, 3.63) is 23.1 Å². The van der Waals surface area contributed by atoms with Crippen LogP contribution in [0.1, 0.15) is 25.7 Å². The second-order valence-electron chi connectivity index (χ2n) is 3.55. The molecule has 0 aliphatic rings. The molecular formula is C11H16ClFN2O. The Morgan fingerprint density at radius 1 is 1.31 bits per heavy atom. The average Bonchev–Trinajstić information content (AvgIpc) is 2.26. The number of aliphatic hydroxyl groups is 1. The maximum absolute atomic E-state index is 13.2. The third-order valence-corrected chi connectivity index (χ3v) is 2.39. The van der Waals surface area contributed by atoms with Gasteiger partial charge >= 0.3 is 0 Å². The summed E-state index contributed by atoms with van der Waals surface area (Å²) < 4.78 is 13.2. The number of anilines is 1. The van der Waals surface area contributed by atoms with Crippen LogP contribution in [0.15, 0.2) is 12.3 Å². The molecule has 90 valence electrons. The third-order valence-electron chi connectivity index (χ3n) is 2.19. The van der Waals surface area contributed by atoms with Crippen LogP contribution in [0, 0.1) is 5.82 Å². The second-order valence-corrected chi connectivity index (χ2v) is 3.98. The Kier molecular flexibility index (Phi) is 6.11. The Bertz CT molecular complexity index is 323. The Morgan fingerprint density at radius 3 is 2.75 bits per heavy atom. The monoisotopic (exact) mass is 246 g/mol. The molecule has 0 aliphatic heterocycles. The topological polar surface area (TPSA) is 45.1 Å². The van der Waals surface area contributed by atoms with Crippen LogP contribution in [-0.2, 0) is 0 Å². The highest BCUT2D eigenvalue weighted by atomic mass is 35.5. The molecule has 0 atom stereocenters. The predicted octanol–water partition coefficient (Wildman–Crippen LogP) is 2.84. The molecule has 1 heterocycles. The molecule has 0 amide bonds. The summed E-state index contributed by atoms with van der Waals surface area (Å²) in [5.74, 6) is -0.186. The summed E-state index contributed by atoms with van der Waals surface area (Å²) >= 11 is 5.58. The van der Waals surface area contributed by atoms with Gasteiger partial charge in [-0.25, -0.2) is 9.37 Å². The van der Waals surface area contributed by atoms with Crippen molar-refractivity contribution in [1.29, 1.82) is 0 Å². The molecule has 1 rings (SSSR count). The third kappa shape index (κ3) is 4.77. The van der Waals surface area contributed by atoms with Crippen LogP contribution < -0.4 is 5.32 Å². The highest BCUT2D eigenvalue weighted by molar-refractivity contribution is 6.30. The molecule has 0 bridgehead atoms. The van der Waals surface area contributed by atoms with Crippen molar-refractivity contribution in [2.24, 2.45) is 0 Å². The zero-order chi connectivity index (χ0) is 11.8. The summed E-state index contributed by atoms with van der Waals surface area (Å²) in [4.78, 5) is 3.85. The average molecular weight is 247 g/mol. The zero-order valence-electron chi connectivity index (χ0n) is 9.05. The highest BCUT2D eigenvalue weighted by Crippen LogP contribution is 2.15. The van der Waals surface area contributed by atoms with E-state index in [1.807, 2.05) is 0 Å². The van der Waals surface area contributed by atoms with Gasteiger partial charge in [0, 0.05) is 19.3 Å². The van der Waals surface area contributed by atoms with Gasteiger partial charge in [0.05, 0.1) is 5.02 Å². The van der Waals surface area contributed by atoms with Crippen molar-refractivity contribution in [3.63, 3.8) is 0 Å². The SMILES string of the molecule is OCCCCCCNc1ncc(Cl)cc1F. The minimum atomic E-state index is -0.428. The summed E-state index contributed by atoms with van der Waals surface area (Å²) in [6, 6.07) is 1.24. The van der Waals surface area contributed by atoms with Crippen molar-refractivity contribution >= 4 is 17.4 Å². The first-order valence-corrected chi connectivity index (χ1v) is 5.77. The minimum absolute atomic E-state index is 0.237. The van der Waals surface area contributed by atoms with Gasteiger partial charge in [-0.15, -0.1) is 0 Å². The lowest BCUT2D eigenvalue weighted by Gasteiger charge is -2.06. The normalized spacial score (nSPS) is 10.4. The number of aliphatic hydroxyl groups excluding tert-OH is 1. The molecule has 1 aromatic heterocycles. The van der Waals surface area contributed by atoms with Gasteiger partial charge in [-0.1, -0.05) is 24.4 Å². The summed E-state index contributed by atoms with van der Waals surface area (Å²) in [5.41, 5.74) is 0. The van der Waals surface area contributed by atoms with Gasteiger partial charge in [0.15, 0.2) is 11.6 Å². The molecule has 3 nitrogen and oxygen atoms in total. The summed E-state index contributed by atoms with van der Waals surface area (Å²) in [6.07, 6.45) is 5.19. The number of pyridine rings is 1. The van der Waals surface area contributed by atoms with Gasteiger partial charge in [0.2, 0.25) is 0 Å². The molecule has 0 unspecified atom stereocenters. The first-order chi connectivity index (χ1) is 7.74. The fourth-order valence-corrected chi connectivity index (χ4v) is 1.49. The maximum Gasteiger partial charge on any atom is 0.166 e. The molecule has 0 saturated heterocycles. The Labute approximate surface area is 99.7 Å². The molecule has 2 N–H and O–H groups in total. The fraction of sp³-hybridized carbons (Fsp3) is 0.545. The van der Waals surface area contributed by atoms with Crippen LogP contribution in [0.4, 0.5) is 10.2 Å². The number of hydrogen-bond donors (Lipinski definition) is 2. The van der Waals surface area contributed by atoms with E-state index in [2.05, 4.69) is 10.3 Å². The lowest BCUT2D eigenvalue weighted by atomic mass is 10.2. The maximum atomic E-state index is 13.2. The fourth-order valence-electron chi connectivity index (χ4n) is 1.34. The van der Waals surface area contributed by atoms with Crippen molar-refractivity contribution in [2.75, 3.05) is 18.5 Å². The number of unbranched alkanes of at least 4 members (excludes halogenated alkanes) is 3. The van der Waals surface area contributed by atoms with E-state index in [-0.39, 0.29) is 12.4 Å². The van der Waals surface area contributed by atoms with E-state index in [0.717, 1.165) is 25.7 Å². The first-order valence-electron chi connectivity index (χ1n) is 5.40. The second kappa shape index (κ2) is 7.41. The van der Waals surface area contributed by atoms with E-state index in [1.165, 1.54) is 12.3 Å². The van der Waals surface area contributed by atoms with Crippen LogP contribution >= 0.6 is 11.6 Å². The van der Waals surface area contributed by atoms with E-state index in [0.29, 0.717) is 11.6 Å². The van der Waals surface area contributed by atoms with E-state index >= 15 is 0 Å². The van der Waals surface area contributed by atoms with Gasteiger partial charge in [-0.3, -0.25) is 0 Å². The summed E-state index contributed by atoms with van der Waals surface area (Å²) in [5, 5.41) is 11.8. The van der Waals surface area contributed by atoms with Crippen molar-refractivity contribution in [2.45, 2.75) is 25.7 Å². The van der Waals surface area contributed by atoms with Crippen LogP contribution in [0.25, 0.3) is 0 Å². The Balaban J connectivity index is 2.21. The highest BCUT2D eigenvalue weighted by Gasteiger charge is 2.02. The van der Waals surface area contributed by atoms with Crippen molar-refractivity contribution in [3.8, 4) is 0 Å². The lowest BCUT2D eigenvalue weighted by Crippen LogP contribution is -2.05. The van der Waals surface area contributed by atoms with Gasteiger partial charge in [0.1, 0.15) is 0 Å². The molecule has 1 aromatic rings. The van der Waals surface area contributed by atoms with Crippen LogP contribution in [0.3, 0.4) is 0 Å². The molecule has 0 aromatic carbocycles. The molecule has 0 radical (unpaired) electrons. The van der Waals surface area contributed by atoms with E-state index in [9.17, 15) is 4.39 Å². The zero-order valence-corrected chi connectivity index (χ0v) is 9.80. The smallest absolute Gasteiger partial charge is 0.166 e. The van der Waals surface area contributed by atoms with E-state index < -0.39 is 5.82 Å². The van der Waals surface area contributed by atoms with Gasteiger partial charge < -0.3 is 10.4 Å².